The van der Waals surface area contributed by atoms with Gasteiger partial charge in [-0.15, -0.1) is 0 Å². The molecule has 1 heterocycles. The monoisotopic (exact) mass is 245 g/mol. The molecule has 1 aromatic rings. The van der Waals surface area contributed by atoms with Crippen LogP contribution in [0.4, 0.5) is 0 Å². The molecule has 4 nitrogen and oxygen atoms in total. The van der Waals surface area contributed by atoms with Crippen LogP contribution in [-0.4, -0.2) is 36.3 Å². The van der Waals surface area contributed by atoms with Gasteiger partial charge < -0.3 is 9.64 Å². The zero-order valence-electron chi connectivity index (χ0n) is 10.3. The molecule has 1 atom stereocenters. The van der Waals surface area contributed by atoms with Gasteiger partial charge in [0, 0.05) is 32.0 Å². The van der Waals surface area contributed by atoms with E-state index in [1.165, 1.54) is 0 Å². The number of hydrogen-bond acceptors (Lipinski definition) is 3. The number of amides is 1. The Morgan fingerprint density at radius 3 is 2.83 bits per heavy atom. The molecule has 0 radical (unpaired) electrons. The van der Waals surface area contributed by atoms with Crippen LogP contribution in [0.15, 0.2) is 18.2 Å². The minimum Gasteiger partial charge on any atom is -0.481 e. The summed E-state index contributed by atoms with van der Waals surface area (Å²) in [5.74, 6) is 0.928. The Morgan fingerprint density at radius 2 is 2.11 bits per heavy atom. The molecule has 1 aromatic carbocycles. The molecule has 2 aliphatic rings. The van der Waals surface area contributed by atoms with Crippen LogP contribution in [0, 0.1) is 0 Å². The van der Waals surface area contributed by atoms with Gasteiger partial charge in [0.05, 0.1) is 0 Å². The molecule has 0 aromatic heterocycles. The summed E-state index contributed by atoms with van der Waals surface area (Å²) in [6, 6.07) is 5.49. The molecule has 1 saturated heterocycles. The number of aryl methyl sites for hydroxylation is 1. The minimum atomic E-state index is -0.370. The predicted octanol–water partition coefficient (Wildman–Crippen LogP) is 1.43. The molecule has 0 bridgehead atoms. The number of benzene rings is 1. The van der Waals surface area contributed by atoms with Crippen LogP contribution in [0.1, 0.15) is 28.8 Å². The Balaban J connectivity index is 1.78. The van der Waals surface area contributed by atoms with E-state index in [0.29, 0.717) is 12.2 Å². The normalized spacial score (nSPS) is 22.5. The summed E-state index contributed by atoms with van der Waals surface area (Å²) < 4.78 is 5.72. The SMILES string of the molecule is CN1CCC(Oc2ccc3c(c2)CCC3=O)C1=O. The summed E-state index contributed by atoms with van der Waals surface area (Å²) in [5, 5.41) is 0. The van der Waals surface area contributed by atoms with Gasteiger partial charge in [-0.2, -0.15) is 0 Å². The third-order valence-corrected chi connectivity index (χ3v) is 3.66. The molecule has 18 heavy (non-hydrogen) atoms. The van der Waals surface area contributed by atoms with Crippen LogP contribution in [0.3, 0.4) is 0 Å². The van der Waals surface area contributed by atoms with Crippen LogP contribution < -0.4 is 4.74 Å². The topological polar surface area (TPSA) is 46.6 Å². The first-order chi connectivity index (χ1) is 8.65. The molecule has 0 spiro atoms. The number of carbonyl (C=O) groups excluding carboxylic acids is 2. The number of likely N-dealkylation sites (N-methyl/N-ethyl adjacent to an activating group) is 1. The standard InChI is InChI=1S/C14H15NO3/c1-15-7-6-13(14(15)17)18-10-3-4-11-9(8-10)2-5-12(11)16/h3-4,8,13H,2,5-7H2,1H3. The third kappa shape index (κ3) is 1.78. The van der Waals surface area contributed by atoms with Gasteiger partial charge in [0.25, 0.3) is 5.91 Å². The molecular weight excluding hydrogens is 230 g/mol. The van der Waals surface area contributed by atoms with Gasteiger partial charge in [0.15, 0.2) is 11.9 Å². The fraction of sp³-hybridized carbons (Fsp3) is 0.429. The van der Waals surface area contributed by atoms with Crippen molar-refractivity contribution < 1.29 is 14.3 Å². The Hall–Kier alpha value is -1.84. The predicted molar refractivity (Wildman–Crippen MR) is 65.8 cm³/mol. The lowest BCUT2D eigenvalue weighted by molar-refractivity contribution is -0.132. The minimum absolute atomic E-state index is 0.0339. The van der Waals surface area contributed by atoms with Crippen LogP contribution in [0.5, 0.6) is 5.75 Å². The molecule has 0 N–H and O–H groups in total. The first kappa shape index (κ1) is 11.3. The second kappa shape index (κ2) is 4.12. The van der Waals surface area contributed by atoms with Crippen LogP contribution >= 0.6 is 0 Å². The van der Waals surface area contributed by atoms with Gasteiger partial charge >= 0.3 is 0 Å². The Bertz CT molecular complexity index is 524. The highest BCUT2D eigenvalue weighted by molar-refractivity contribution is 6.00. The van der Waals surface area contributed by atoms with Gasteiger partial charge in [-0.25, -0.2) is 0 Å². The lowest BCUT2D eigenvalue weighted by Gasteiger charge is -2.13. The third-order valence-electron chi connectivity index (χ3n) is 3.66. The first-order valence-corrected chi connectivity index (χ1v) is 6.23. The quantitative estimate of drug-likeness (QED) is 0.791. The Kier molecular flexibility index (Phi) is 2.58. The van der Waals surface area contributed by atoms with Crippen LogP contribution in [0.25, 0.3) is 0 Å². The van der Waals surface area contributed by atoms with Crippen LogP contribution in [0.2, 0.25) is 0 Å². The Morgan fingerprint density at radius 1 is 1.28 bits per heavy atom. The van der Waals surface area contributed by atoms with E-state index in [2.05, 4.69) is 0 Å². The van der Waals surface area contributed by atoms with E-state index in [0.717, 1.165) is 30.5 Å². The number of nitrogens with zero attached hydrogens (tertiary/aromatic N) is 1. The van der Waals surface area contributed by atoms with Crippen molar-refractivity contribution in [1.29, 1.82) is 0 Å². The van der Waals surface area contributed by atoms with Crippen molar-refractivity contribution in [1.82, 2.24) is 4.90 Å². The molecular formula is C14H15NO3. The number of ketones is 1. The second-order valence-electron chi connectivity index (χ2n) is 4.90. The number of hydrogen-bond donors (Lipinski definition) is 0. The number of likely N-dealkylation sites (tertiary alicyclic amines) is 1. The van der Waals surface area contributed by atoms with Crippen molar-refractivity contribution in [3.8, 4) is 5.75 Å². The zero-order valence-corrected chi connectivity index (χ0v) is 10.3. The number of ether oxygens (including phenoxy) is 1. The number of Topliss-reactive ketones (excluding diaryl/α,β-unsaturated/α-hetero) is 1. The van der Waals surface area contributed by atoms with Gasteiger partial charge in [0.2, 0.25) is 0 Å². The van der Waals surface area contributed by atoms with Gasteiger partial charge in [-0.05, 0) is 30.2 Å². The number of rotatable bonds is 2. The van der Waals surface area contributed by atoms with E-state index in [4.69, 9.17) is 4.74 Å². The van der Waals surface area contributed by atoms with Gasteiger partial charge in [-0.1, -0.05) is 0 Å². The summed E-state index contributed by atoms with van der Waals surface area (Å²) in [5.41, 5.74) is 1.84. The largest absolute Gasteiger partial charge is 0.481 e. The lowest BCUT2D eigenvalue weighted by atomic mass is 10.1. The first-order valence-electron chi connectivity index (χ1n) is 6.23. The maximum Gasteiger partial charge on any atom is 0.263 e. The highest BCUT2D eigenvalue weighted by Crippen LogP contribution is 2.27. The molecule has 1 amide bonds. The van der Waals surface area contributed by atoms with Gasteiger partial charge in [0.1, 0.15) is 5.75 Å². The van der Waals surface area contributed by atoms with Crippen molar-refractivity contribution in [2.75, 3.05) is 13.6 Å². The van der Waals surface area contributed by atoms with E-state index in [9.17, 15) is 9.59 Å². The molecule has 1 unspecified atom stereocenters. The van der Waals surface area contributed by atoms with Crippen molar-refractivity contribution in [2.24, 2.45) is 0 Å². The number of carbonyl (C=O) groups is 2. The van der Waals surface area contributed by atoms with E-state index >= 15 is 0 Å². The van der Waals surface area contributed by atoms with E-state index in [1.54, 1.807) is 18.0 Å². The maximum absolute atomic E-state index is 11.7. The van der Waals surface area contributed by atoms with E-state index in [-0.39, 0.29) is 17.8 Å². The summed E-state index contributed by atoms with van der Waals surface area (Å²) in [6.45, 7) is 0.743. The second-order valence-corrected chi connectivity index (χ2v) is 4.90. The van der Waals surface area contributed by atoms with Gasteiger partial charge in [-0.3, -0.25) is 9.59 Å². The van der Waals surface area contributed by atoms with Crippen molar-refractivity contribution in [3.05, 3.63) is 29.3 Å². The highest BCUT2D eigenvalue weighted by atomic mass is 16.5. The molecule has 1 aliphatic heterocycles. The highest BCUT2D eigenvalue weighted by Gasteiger charge is 2.31. The fourth-order valence-corrected chi connectivity index (χ4v) is 2.57. The summed E-state index contributed by atoms with van der Waals surface area (Å²) in [6.07, 6.45) is 1.73. The van der Waals surface area contributed by atoms with E-state index in [1.807, 2.05) is 12.1 Å². The van der Waals surface area contributed by atoms with Crippen molar-refractivity contribution >= 4 is 11.7 Å². The summed E-state index contributed by atoms with van der Waals surface area (Å²) >= 11 is 0. The smallest absolute Gasteiger partial charge is 0.263 e. The molecule has 0 saturated carbocycles. The van der Waals surface area contributed by atoms with Crippen molar-refractivity contribution in [3.63, 3.8) is 0 Å². The zero-order chi connectivity index (χ0) is 12.7. The summed E-state index contributed by atoms with van der Waals surface area (Å²) in [4.78, 5) is 24.9. The molecule has 4 heteroatoms. The molecule has 94 valence electrons. The van der Waals surface area contributed by atoms with E-state index < -0.39 is 0 Å². The average molecular weight is 245 g/mol. The Labute approximate surface area is 106 Å². The number of fused-ring (bicyclic) bond motifs is 1. The molecule has 1 fully saturated rings. The summed E-state index contributed by atoms with van der Waals surface area (Å²) in [7, 11) is 1.78. The molecule has 3 rings (SSSR count). The van der Waals surface area contributed by atoms with Crippen LogP contribution in [-0.2, 0) is 11.2 Å². The fourth-order valence-electron chi connectivity index (χ4n) is 2.57. The maximum atomic E-state index is 11.7. The average Bonchev–Trinajstić information content (AvgIpc) is 2.88. The lowest BCUT2D eigenvalue weighted by Crippen LogP contribution is -2.29. The van der Waals surface area contributed by atoms with Crippen molar-refractivity contribution in [2.45, 2.75) is 25.4 Å². The molecule has 1 aliphatic carbocycles.